The van der Waals surface area contributed by atoms with Gasteiger partial charge in [0.1, 0.15) is 11.5 Å². The van der Waals surface area contributed by atoms with Crippen molar-refractivity contribution in [1.29, 1.82) is 0 Å². The Labute approximate surface area is 209 Å². The van der Waals surface area contributed by atoms with Crippen molar-refractivity contribution >= 4 is 43.4 Å². The first-order valence-corrected chi connectivity index (χ1v) is 11.6. The van der Waals surface area contributed by atoms with Gasteiger partial charge in [-0.1, -0.05) is 37.4 Å². The number of aryl methyl sites for hydroxylation is 1. The van der Waals surface area contributed by atoms with Crippen molar-refractivity contribution in [2.75, 3.05) is 0 Å². The summed E-state index contributed by atoms with van der Waals surface area (Å²) in [6, 6.07) is 12.2. The predicted octanol–water partition coefficient (Wildman–Crippen LogP) is 8.01. The van der Waals surface area contributed by atoms with E-state index in [2.05, 4.69) is 13.2 Å². The van der Waals surface area contributed by atoms with E-state index in [1.807, 2.05) is 0 Å². The standard InChI is InChI=1S/C28H21F3O4S/c1-14(2)26(32)34-18-8-6-17(7-9-18)19-10-11-21-20-12-13-22(35-27(33)15(3)4)16(5)24(20)36-25(21)23(19)28(29,30)31/h6-13H,1,3H2,2,4-5H3. The molecule has 0 aliphatic heterocycles. The lowest BCUT2D eigenvalue weighted by molar-refractivity contribution is -0.135. The van der Waals surface area contributed by atoms with E-state index in [1.54, 1.807) is 25.1 Å². The number of rotatable bonds is 5. The third-order valence-corrected chi connectivity index (χ3v) is 6.93. The van der Waals surface area contributed by atoms with E-state index >= 15 is 0 Å². The molecule has 1 heterocycles. The topological polar surface area (TPSA) is 52.6 Å². The van der Waals surface area contributed by atoms with Crippen LogP contribution in [0.3, 0.4) is 0 Å². The third kappa shape index (κ3) is 4.64. The first-order valence-electron chi connectivity index (χ1n) is 10.8. The molecule has 0 atom stereocenters. The second kappa shape index (κ2) is 9.28. The van der Waals surface area contributed by atoms with E-state index in [0.29, 0.717) is 26.6 Å². The third-order valence-electron chi connectivity index (χ3n) is 5.57. The van der Waals surface area contributed by atoms with Gasteiger partial charge in [0.05, 0.1) is 5.56 Å². The molecule has 0 spiro atoms. The highest BCUT2D eigenvalue weighted by Crippen LogP contribution is 2.48. The molecular formula is C28H21F3O4S. The van der Waals surface area contributed by atoms with Crippen molar-refractivity contribution in [2.45, 2.75) is 26.9 Å². The Hall–Kier alpha value is -3.91. The average Bonchev–Trinajstić information content (AvgIpc) is 3.19. The first-order chi connectivity index (χ1) is 16.9. The van der Waals surface area contributed by atoms with Crippen LogP contribution < -0.4 is 9.47 Å². The molecule has 0 aliphatic rings. The highest BCUT2D eigenvalue weighted by atomic mass is 32.1. The monoisotopic (exact) mass is 510 g/mol. The van der Waals surface area contributed by atoms with Gasteiger partial charge >= 0.3 is 18.1 Å². The smallest absolute Gasteiger partial charge is 0.418 e. The summed E-state index contributed by atoms with van der Waals surface area (Å²) in [7, 11) is 0. The lowest BCUT2D eigenvalue weighted by atomic mass is 9.96. The Bertz CT molecular complexity index is 1560. The summed E-state index contributed by atoms with van der Waals surface area (Å²) < 4.78 is 54.4. The molecule has 0 radical (unpaired) electrons. The van der Waals surface area contributed by atoms with Crippen LogP contribution in [0.15, 0.2) is 72.8 Å². The molecule has 0 aliphatic carbocycles. The average molecular weight is 511 g/mol. The molecule has 0 unspecified atom stereocenters. The minimum absolute atomic E-state index is 0.00548. The molecule has 0 fully saturated rings. The van der Waals surface area contributed by atoms with Crippen LogP contribution in [0.25, 0.3) is 31.3 Å². The molecule has 4 rings (SSSR count). The number of hydrogen-bond donors (Lipinski definition) is 0. The van der Waals surface area contributed by atoms with Crippen molar-refractivity contribution < 1.29 is 32.2 Å². The maximum absolute atomic E-state index is 14.4. The number of carbonyl (C=O) groups is 2. The first kappa shape index (κ1) is 25.2. The highest BCUT2D eigenvalue weighted by molar-refractivity contribution is 7.26. The number of thiophene rings is 1. The number of carbonyl (C=O) groups excluding carboxylic acids is 2. The summed E-state index contributed by atoms with van der Waals surface area (Å²) in [4.78, 5) is 23.7. The van der Waals surface area contributed by atoms with Gasteiger partial charge in [-0.25, -0.2) is 9.59 Å². The molecule has 1 aromatic heterocycles. The van der Waals surface area contributed by atoms with Crippen LogP contribution in [0.4, 0.5) is 13.2 Å². The van der Waals surface area contributed by atoms with E-state index in [0.717, 1.165) is 11.3 Å². The molecule has 3 aromatic carbocycles. The maximum Gasteiger partial charge on any atom is 0.418 e. The van der Waals surface area contributed by atoms with Crippen molar-refractivity contribution in [3.8, 4) is 22.6 Å². The minimum atomic E-state index is -4.63. The van der Waals surface area contributed by atoms with Crippen LogP contribution in [0.1, 0.15) is 25.0 Å². The quantitative estimate of drug-likeness (QED) is 0.155. The largest absolute Gasteiger partial charge is 0.423 e. The lowest BCUT2D eigenvalue weighted by Gasteiger charge is -2.15. The normalized spacial score (nSPS) is 11.5. The second-order valence-electron chi connectivity index (χ2n) is 8.39. The maximum atomic E-state index is 14.4. The van der Waals surface area contributed by atoms with Crippen LogP contribution in [0.2, 0.25) is 0 Å². The highest BCUT2D eigenvalue weighted by Gasteiger charge is 2.37. The molecule has 4 aromatic rings. The summed E-state index contributed by atoms with van der Waals surface area (Å²) in [6.45, 7) is 11.8. The second-order valence-corrected chi connectivity index (χ2v) is 9.41. The Morgan fingerprint density at radius 1 is 0.806 bits per heavy atom. The van der Waals surface area contributed by atoms with Crippen LogP contribution in [-0.2, 0) is 15.8 Å². The minimum Gasteiger partial charge on any atom is -0.423 e. The molecule has 4 nitrogen and oxygen atoms in total. The summed E-state index contributed by atoms with van der Waals surface area (Å²) in [5, 5.41) is 1.10. The van der Waals surface area contributed by atoms with Crippen LogP contribution in [0, 0.1) is 6.92 Å². The zero-order chi connectivity index (χ0) is 26.4. The van der Waals surface area contributed by atoms with Gasteiger partial charge in [-0.15, -0.1) is 11.3 Å². The van der Waals surface area contributed by atoms with Crippen LogP contribution in [0.5, 0.6) is 11.5 Å². The fourth-order valence-electron chi connectivity index (χ4n) is 3.74. The zero-order valence-corrected chi connectivity index (χ0v) is 20.5. The molecule has 0 bridgehead atoms. The lowest BCUT2D eigenvalue weighted by Crippen LogP contribution is -2.08. The van der Waals surface area contributed by atoms with Gasteiger partial charge in [-0.05, 0) is 56.2 Å². The van der Waals surface area contributed by atoms with Gasteiger partial charge in [0, 0.05) is 36.9 Å². The number of ether oxygens (including phenoxy) is 2. The molecule has 0 amide bonds. The number of fused-ring (bicyclic) bond motifs is 3. The number of hydrogen-bond acceptors (Lipinski definition) is 5. The summed E-state index contributed by atoms with van der Waals surface area (Å²) in [5.74, 6) is -0.741. The van der Waals surface area contributed by atoms with Crippen LogP contribution in [-0.4, -0.2) is 11.9 Å². The van der Waals surface area contributed by atoms with E-state index in [9.17, 15) is 22.8 Å². The fourth-order valence-corrected chi connectivity index (χ4v) is 5.10. The van der Waals surface area contributed by atoms with Gasteiger partial charge in [0.25, 0.3) is 0 Å². The van der Waals surface area contributed by atoms with Crippen molar-refractivity contribution in [2.24, 2.45) is 0 Å². The van der Waals surface area contributed by atoms with Crippen LogP contribution >= 0.6 is 11.3 Å². The van der Waals surface area contributed by atoms with Gasteiger partial charge in [-0.2, -0.15) is 13.2 Å². The van der Waals surface area contributed by atoms with Gasteiger partial charge in [-0.3, -0.25) is 0 Å². The molecule has 36 heavy (non-hydrogen) atoms. The Morgan fingerprint density at radius 3 is 1.94 bits per heavy atom. The predicted molar refractivity (Wildman–Crippen MR) is 135 cm³/mol. The number of esters is 2. The summed E-state index contributed by atoms with van der Waals surface area (Å²) >= 11 is 1.00. The van der Waals surface area contributed by atoms with Gasteiger partial charge in [0.2, 0.25) is 0 Å². The van der Waals surface area contributed by atoms with E-state index < -0.39 is 23.7 Å². The Morgan fingerprint density at radius 2 is 1.36 bits per heavy atom. The fraction of sp³-hybridized carbons (Fsp3) is 0.143. The van der Waals surface area contributed by atoms with E-state index in [1.165, 1.54) is 44.2 Å². The molecule has 0 saturated carbocycles. The molecule has 8 heteroatoms. The molecular weight excluding hydrogens is 489 g/mol. The van der Waals surface area contributed by atoms with Crippen molar-refractivity contribution in [3.63, 3.8) is 0 Å². The van der Waals surface area contributed by atoms with Gasteiger partial charge < -0.3 is 9.47 Å². The Kier molecular flexibility index (Phi) is 6.49. The van der Waals surface area contributed by atoms with Crippen molar-refractivity contribution in [3.05, 3.63) is 84.0 Å². The van der Waals surface area contributed by atoms with Crippen molar-refractivity contribution in [1.82, 2.24) is 0 Å². The number of benzene rings is 3. The molecule has 0 N–H and O–H groups in total. The van der Waals surface area contributed by atoms with E-state index in [4.69, 9.17) is 9.47 Å². The number of alkyl halides is 3. The van der Waals surface area contributed by atoms with E-state index in [-0.39, 0.29) is 32.9 Å². The molecule has 0 saturated heterocycles. The SMILES string of the molecule is C=C(C)C(=O)Oc1ccc(-c2ccc3c(sc4c(C)c(OC(=O)C(=C)C)ccc43)c2C(F)(F)F)cc1. The summed E-state index contributed by atoms with van der Waals surface area (Å²) in [6.07, 6.45) is -4.63. The number of halogens is 3. The summed E-state index contributed by atoms with van der Waals surface area (Å²) in [5.41, 5.74) is 0.571. The molecule has 184 valence electrons. The Balaban J connectivity index is 1.86. The van der Waals surface area contributed by atoms with Gasteiger partial charge in [0.15, 0.2) is 0 Å². The zero-order valence-electron chi connectivity index (χ0n) is 19.7.